The van der Waals surface area contributed by atoms with Crippen molar-refractivity contribution in [2.24, 2.45) is 11.1 Å². The largest absolute Gasteiger partial charge is 0.497 e. The number of nitrogens with zero attached hydrogens (tertiary/aromatic N) is 2. The van der Waals surface area contributed by atoms with Gasteiger partial charge >= 0.3 is 0 Å². The molecule has 27 heavy (non-hydrogen) atoms. The van der Waals surface area contributed by atoms with Crippen LogP contribution in [0.5, 0.6) is 5.75 Å². The summed E-state index contributed by atoms with van der Waals surface area (Å²) >= 11 is 5.86. The van der Waals surface area contributed by atoms with Gasteiger partial charge in [-0.15, -0.1) is 0 Å². The molecular formula is C19H13ClN2O5. The number of amides is 2. The lowest BCUT2D eigenvalue weighted by molar-refractivity contribution is -0.126. The zero-order valence-corrected chi connectivity index (χ0v) is 14.8. The Morgan fingerprint density at radius 3 is 2.37 bits per heavy atom. The minimum absolute atomic E-state index is 0.0834. The molecule has 2 heterocycles. The van der Waals surface area contributed by atoms with Crippen LogP contribution in [0.2, 0.25) is 5.02 Å². The van der Waals surface area contributed by atoms with E-state index in [1.807, 2.05) is 0 Å². The summed E-state index contributed by atoms with van der Waals surface area (Å²) in [5.41, 5.74) is 0.604. The molecular weight excluding hydrogens is 372 g/mol. The molecule has 0 spiro atoms. The summed E-state index contributed by atoms with van der Waals surface area (Å²) in [6.07, 6.45) is -1.13. The van der Waals surface area contributed by atoms with Gasteiger partial charge in [0.05, 0.1) is 12.8 Å². The van der Waals surface area contributed by atoms with Crippen LogP contribution in [0.15, 0.2) is 53.7 Å². The van der Waals surface area contributed by atoms with Crippen molar-refractivity contribution < 1.29 is 24.0 Å². The number of oxime groups is 1. The van der Waals surface area contributed by atoms with Gasteiger partial charge < -0.3 is 9.57 Å². The molecule has 2 aromatic carbocycles. The summed E-state index contributed by atoms with van der Waals surface area (Å²) in [6, 6.07) is 12.6. The van der Waals surface area contributed by atoms with Crippen molar-refractivity contribution in [1.82, 2.24) is 0 Å². The topological polar surface area (TPSA) is 85.3 Å². The van der Waals surface area contributed by atoms with Crippen molar-refractivity contribution in [1.29, 1.82) is 0 Å². The van der Waals surface area contributed by atoms with Crippen LogP contribution in [0.3, 0.4) is 0 Å². The third-order valence-corrected chi connectivity index (χ3v) is 4.73. The number of halogens is 1. The number of imide groups is 1. The monoisotopic (exact) mass is 384 g/mol. The Hall–Kier alpha value is -3.19. The normalized spacial score (nSPS) is 21.0. The first-order valence-electron chi connectivity index (χ1n) is 8.07. The Balaban J connectivity index is 1.63. The number of Topliss-reactive ketones (excluding diaryl/α,β-unsaturated/α-hetero) is 1. The zero-order chi connectivity index (χ0) is 19.1. The fraction of sp³-hybridized carbons (Fsp3) is 0.158. The number of anilines is 1. The smallest absolute Gasteiger partial charge is 0.278 e. The molecule has 0 aliphatic carbocycles. The van der Waals surface area contributed by atoms with Gasteiger partial charge in [-0.05, 0) is 48.5 Å². The zero-order valence-electron chi connectivity index (χ0n) is 14.1. The third-order valence-electron chi connectivity index (χ3n) is 4.48. The molecule has 2 aromatic rings. The Kier molecular flexibility index (Phi) is 4.16. The molecule has 2 amide bonds. The van der Waals surface area contributed by atoms with Gasteiger partial charge in [-0.25, -0.2) is 4.90 Å². The number of hydrogen-bond acceptors (Lipinski definition) is 6. The third kappa shape index (κ3) is 2.76. The maximum absolute atomic E-state index is 12.9. The lowest BCUT2D eigenvalue weighted by Crippen LogP contribution is -2.34. The van der Waals surface area contributed by atoms with Crippen molar-refractivity contribution in [2.45, 2.75) is 6.10 Å². The molecule has 4 rings (SSSR count). The van der Waals surface area contributed by atoms with E-state index < -0.39 is 29.6 Å². The molecule has 0 aromatic heterocycles. The van der Waals surface area contributed by atoms with Gasteiger partial charge in [0.2, 0.25) is 17.8 Å². The van der Waals surface area contributed by atoms with Crippen LogP contribution >= 0.6 is 11.6 Å². The van der Waals surface area contributed by atoms with Gasteiger partial charge in [-0.3, -0.25) is 14.4 Å². The number of benzene rings is 2. The highest BCUT2D eigenvalue weighted by atomic mass is 35.5. The van der Waals surface area contributed by atoms with E-state index >= 15 is 0 Å². The number of methoxy groups -OCH3 is 1. The van der Waals surface area contributed by atoms with Gasteiger partial charge in [0.25, 0.3) is 5.91 Å². The molecule has 2 atom stereocenters. The lowest BCUT2D eigenvalue weighted by Gasteiger charge is -2.15. The molecule has 136 valence electrons. The summed E-state index contributed by atoms with van der Waals surface area (Å²) in [5, 5.41) is 4.21. The van der Waals surface area contributed by atoms with Crippen molar-refractivity contribution in [2.75, 3.05) is 12.0 Å². The second-order valence-electron chi connectivity index (χ2n) is 6.03. The summed E-state index contributed by atoms with van der Waals surface area (Å²) in [6.45, 7) is 0. The van der Waals surface area contributed by atoms with Gasteiger partial charge in [0, 0.05) is 10.6 Å². The Morgan fingerprint density at radius 1 is 1.07 bits per heavy atom. The molecule has 0 radical (unpaired) electrons. The van der Waals surface area contributed by atoms with Crippen LogP contribution < -0.4 is 9.64 Å². The standard InChI is InChI=1S/C19H13ClN2O5/c1-26-13-8-2-10(3-9-13)16(23)15-14-17(27-21-15)19(25)22(18(14)24)12-6-4-11(20)5-7-12/h2-9,14,17H,1H3. The lowest BCUT2D eigenvalue weighted by atomic mass is 9.93. The van der Waals surface area contributed by atoms with E-state index in [1.54, 1.807) is 48.5 Å². The first-order chi connectivity index (χ1) is 13.0. The Labute approximate surface area is 159 Å². The number of hydrogen-bond donors (Lipinski definition) is 0. The van der Waals surface area contributed by atoms with E-state index in [0.29, 0.717) is 22.0 Å². The maximum Gasteiger partial charge on any atom is 0.278 e. The molecule has 2 aliphatic heterocycles. The quantitative estimate of drug-likeness (QED) is 0.597. The minimum Gasteiger partial charge on any atom is -0.497 e. The Bertz CT molecular complexity index is 969. The molecule has 7 nitrogen and oxygen atoms in total. The van der Waals surface area contributed by atoms with Gasteiger partial charge in [0.15, 0.2) is 0 Å². The minimum atomic E-state index is -1.13. The van der Waals surface area contributed by atoms with E-state index in [2.05, 4.69) is 5.16 Å². The molecule has 1 fully saturated rings. The summed E-state index contributed by atoms with van der Waals surface area (Å²) in [4.78, 5) is 44.4. The van der Waals surface area contributed by atoms with Crippen LogP contribution in [0.25, 0.3) is 0 Å². The number of carbonyl (C=O) groups is 3. The predicted octanol–water partition coefficient (Wildman–Crippen LogP) is 2.48. The molecule has 8 heteroatoms. The highest BCUT2D eigenvalue weighted by Gasteiger charge is 2.57. The fourth-order valence-electron chi connectivity index (χ4n) is 3.10. The predicted molar refractivity (Wildman–Crippen MR) is 97.1 cm³/mol. The van der Waals surface area contributed by atoms with E-state index in [1.165, 1.54) is 7.11 Å². The van der Waals surface area contributed by atoms with E-state index in [0.717, 1.165) is 4.90 Å². The number of rotatable bonds is 4. The number of fused-ring (bicyclic) bond motifs is 1. The summed E-state index contributed by atoms with van der Waals surface area (Å²) in [7, 11) is 1.52. The van der Waals surface area contributed by atoms with Crippen molar-refractivity contribution in [3.05, 3.63) is 59.1 Å². The van der Waals surface area contributed by atoms with Crippen molar-refractivity contribution in [3.8, 4) is 5.75 Å². The number of carbonyl (C=O) groups excluding carboxylic acids is 3. The van der Waals surface area contributed by atoms with Gasteiger partial charge in [-0.1, -0.05) is 16.8 Å². The first kappa shape index (κ1) is 17.2. The van der Waals surface area contributed by atoms with Crippen LogP contribution in [-0.4, -0.2) is 36.5 Å². The molecule has 0 N–H and O–H groups in total. The fourth-order valence-corrected chi connectivity index (χ4v) is 3.23. The van der Waals surface area contributed by atoms with E-state index in [9.17, 15) is 14.4 Å². The summed E-state index contributed by atoms with van der Waals surface area (Å²) in [5.74, 6) is -2.05. The molecule has 1 saturated heterocycles. The Morgan fingerprint density at radius 2 is 1.74 bits per heavy atom. The van der Waals surface area contributed by atoms with Crippen LogP contribution in [0.4, 0.5) is 5.69 Å². The average Bonchev–Trinajstić information content (AvgIpc) is 3.23. The average molecular weight is 385 g/mol. The van der Waals surface area contributed by atoms with Crippen LogP contribution in [0, 0.1) is 5.92 Å². The molecule has 2 unspecified atom stereocenters. The molecule has 2 aliphatic rings. The second-order valence-corrected chi connectivity index (χ2v) is 6.46. The molecule has 0 bridgehead atoms. The number of ketones is 1. The van der Waals surface area contributed by atoms with Gasteiger partial charge in [0.1, 0.15) is 17.4 Å². The first-order valence-corrected chi connectivity index (χ1v) is 8.45. The highest BCUT2D eigenvalue weighted by Crippen LogP contribution is 2.34. The summed E-state index contributed by atoms with van der Waals surface area (Å²) < 4.78 is 5.07. The van der Waals surface area contributed by atoms with Crippen molar-refractivity contribution >= 4 is 40.6 Å². The maximum atomic E-state index is 12.9. The van der Waals surface area contributed by atoms with Crippen LogP contribution in [0.1, 0.15) is 10.4 Å². The highest BCUT2D eigenvalue weighted by molar-refractivity contribution is 6.52. The SMILES string of the molecule is COc1ccc(C(=O)C2=NOC3C(=O)N(c4ccc(Cl)cc4)C(=O)C23)cc1. The van der Waals surface area contributed by atoms with Gasteiger partial charge in [-0.2, -0.15) is 0 Å². The van der Waals surface area contributed by atoms with Crippen molar-refractivity contribution in [3.63, 3.8) is 0 Å². The van der Waals surface area contributed by atoms with Crippen LogP contribution in [-0.2, 0) is 14.4 Å². The second kappa shape index (κ2) is 6.51. The van der Waals surface area contributed by atoms with E-state index in [4.69, 9.17) is 21.2 Å². The molecule has 0 saturated carbocycles. The number of ether oxygens (including phenoxy) is 1. The van der Waals surface area contributed by atoms with E-state index in [-0.39, 0.29) is 5.71 Å².